The molecule has 0 saturated heterocycles. The van der Waals surface area contributed by atoms with Crippen LogP contribution in [0.4, 0.5) is 5.69 Å². The van der Waals surface area contributed by atoms with E-state index in [-0.39, 0.29) is 5.56 Å². The SMILES string of the molecule is CCC(CCCn1ncc(N(C)C)cc1=O)NC. The summed E-state index contributed by atoms with van der Waals surface area (Å²) in [6.45, 7) is 2.85. The molecule has 0 aliphatic heterocycles. The van der Waals surface area contributed by atoms with Gasteiger partial charge in [-0.15, -0.1) is 0 Å². The molecular weight excluding hydrogens is 228 g/mol. The van der Waals surface area contributed by atoms with Crippen molar-refractivity contribution in [2.24, 2.45) is 0 Å². The van der Waals surface area contributed by atoms with Gasteiger partial charge in [-0.05, 0) is 26.3 Å². The number of hydrogen-bond acceptors (Lipinski definition) is 4. The normalized spacial score (nSPS) is 12.4. The zero-order chi connectivity index (χ0) is 13.5. The summed E-state index contributed by atoms with van der Waals surface area (Å²) in [5.41, 5.74) is 0.816. The van der Waals surface area contributed by atoms with Crippen molar-refractivity contribution in [2.75, 3.05) is 26.0 Å². The van der Waals surface area contributed by atoms with Gasteiger partial charge in [0.15, 0.2) is 0 Å². The molecule has 102 valence electrons. The molecule has 5 heteroatoms. The lowest BCUT2D eigenvalue weighted by Crippen LogP contribution is -2.27. The highest BCUT2D eigenvalue weighted by molar-refractivity contribution is 5.40. The van der Waals surface area contributed by atoms with E-state index in [0.29, 0.717) is 12.6 Å². The van der Waals surface area contributed by atoms with Crippen molar-refractivity contribution in [3.63, 3.8) is 0 Å². The maximum absolute atomic E-state index is 11.8. The van der Waals surface area contributed by atoms with Crippen molar-refractivity contribution in [3.8, 4) is 0 Å². The first-order chi connectivity index (χ1) is 8.58. The summed E-state index contributed by atoms with van der Waals surface area (Å²) in [5, 5.41) is 7.45. The fourth-order valence-corrected chi connectivity index (χ4v) is 1.88. The van der Waals surface area contributed by atoms with E-state index >= 15 is 0 Å². The summed E-state index contributed by atoms with van der Waals surface area (Å²) < 4.78 is 1.54. The molecule has 0 aliphatic rings. The van der Waals surface area contributed by atoms with Gasteiger partial charge in [0.2, 0.25) is 0 Å². The molecule has 5 nitrogen and oxygen atoms in total. The fourth-order valence-electron chi connectivity index (χ4n) is 1.88. The van der Waals surface area contributed by atoms with Crippen molar-refractivity contribution in [2.45, 2.75) is 38.8 Å². The molecule has 0 radical (unpaired) electrons. The zero-order valence-corrected chi connectivity index (χ0v) is 11.8. The quantitative estimate of drug-likeness (QED) is 0.789. The maximum atomic E-state index is 11.8. The van der Waals surface area contributed by atoms with Crippen LogP contribution in [-0.2, 0) is 6.54 Å². The lowest BCUT2D eigenvalue weighted by molar-refractivity contribution is 0.449. The second-order valence-electron chi connectivity index (χ2n) is 4.71. The number of nitrogens with one attached hydrogen (secondary N) is 1. The molecule has 1 unspecified atom stereocenters. The second kappa shape index (κ2) is 7.16. The van der Waals surface area contributed by atoms with Crippen molar-refractivity contribution >= 4 is 5.69 Å². The van der Waals surface area contributed by atoms with Crippen LogP contribution in [0.1, 0.15) is 26.2 Å². The van der Waals surface area contributed by atoms with Crippen LogP contribution in [0.2, 0.25) is 0 Å². The van der Waals surface area contributed by atoms with E-state index in [9.17, 15) is 4.79 Å². The number of rotatable bonds is 7. The molecule has 18 heavy (non-hydrogen) atoms. The summed E-state index contributed by atoms with van der Waals surface area (Å²) in [6.07, 6.45) is 4.87. The third kappa shape index (κ3) is 4.14. The van der Waals surface area contributed by atoms with E-state index in [0.717, 1.165) is 24.9 Å². The van der Waals surface area contributed by atoms with Crippen LogP contribution in [-0.4, -0.2) is 37.0 Å². The van der Waals surface area contributed by atoms with Gasteiger partial charge in [0, 0.05) is 32.7 Å². The molecule has 1 aromatic rings. The molecule has 0 saturated carbocycles. The molecule has 0 fully saturated rings. The predicted octanol–water partition coefficient (Wildman–Crippen LogP) is 1.09. The second-order valence-corrected chi connectivity index (χ2v) is 4.71. The zero-order valence-electron chi connectivity index (χ0n) is 11.8. The van der Waals surface area contributed by atoms with Gasteiger partial charge in [0.25, 0.3) is 5.56 Å². The van der Waals surface area contributed by atoms with Gasteiger partial charge in [-0.2, -0.15) is 5.10 Å². The Kier molecular flexibility index (Phi) is 5.85. The average molecular weight is 252 g/mol. The van der Waals surface area contributed by atoms with E-state index in [1.54, 1.807) is 12.3 Å². The Hall–Kier alpha value is -1.36. The van der Waals surface area contributed by atoms with Gasteiger partial charge in [0.1, 0.15) is 0 Å². The number of hydrogen-bond donors (Lipinski definition) is 1. The molecule has 1 aromatic heterocycles. The van der Waals surface area contributed by atoms with Gasteiger partial charge in [0.05, 0.1) is 11.9 Å². The van der Waals surface area contributed by atoms with Gasteiger partial charge < -0.3 is 10.2 Å². The van der Waals surface area contributed by atoms with Crippen LogP contribution in [0.3, 0.4) is 0 Å². The van der Waals surface area contributed by atoms with E-state index in [2.05, 4.69) is 17.3 Å². The number of anilines is 1. The first-order valence-electron chi connectivity index (χ1n) is 6.50. The monoisotopic (exact) mass is 252 g/mol. The smallest absolute Gasteiger partial charge is 0.268 e. The topological polar surface area (TPSA) is 50.2 Å². The van der Waals surface area contributed by atoms with E-state index < -0.39 is 0 Å². The van der Waals surface area contributed by atoms with Crippen molar-refractivity contribution in [1.29, 1.82) is 0 Å². The molecule has 0 aromatic carbocycles. The lowest BCUT2D eigenvalue weighted by atomic mass is 10.1. The van der Waals surface area contributed by atoms with Gasteiger partial charge in [-0.25, -0.2) is 4.68 Å². The van der Waals surface area contributed by atoms with Crippen LogP contribution >= 0.6 is 0 Å². The summed E-state index contributed by atoms with van der Waals surface area (Å²) in [6, 6.07) is 2.16. The Labute approximate surface area is 109 Å². The van der Waals surface area contributed by atoms with Crippen LogP contribution in [0, 0.1) is 0 Å². The minimum absolute atomic E-state index is 0.0290. The largest absolute Gasteiger partial charge is 0.376 e. The first kappa shape index (κ1) is 14.7. The third-order valence-electron chi connectivity index (χ3n) is 3.20. The molecule has 1 N–H and O–H groups in total. The van der Waals surface area contributed by atoms with E-state index in [1.165, 1.54) is 4.68 Å². The van der Waals surface area contributed by atoms with Gasteiger partial charge in [-0.1, -0.05) is 6.92 Å². The number of aromatic nitrogens is 2. The average Bonchev–Trinajstić information content (AvgIpc) is 2.36. The summed E-state index contributed by atoms with van der Waals surface area (Å²) >= 11 is 0. The van der Waals surface area contributed by atoms with Crippen LogP contribution in [0.25, 0.3) is 0 Å². The Bertz CT molecular complexity index is 410. The van der Waals surface area contributed by atoms with Crippen molar-refractivity contribution in [3.05, 3.63) is 22.6 Å². The Morgan fingerprint density at radius 1 is 1.50 bits per heavy atom. The fraction of sp³-hybridized carbons (Fsp3) is 0.692. The summed E-state index contributed by atoms with van der Waals surface area (Å²) in [7, 11) is 5.78. The summed E-state index contributed by atoms with van der Waals surface area (Å²) in [4.78, 5) is 13.7. The molecule has 1 heterocycles. The molecule has 0 aliphatic carbocycles. The Morgan fingerprint density at radius 2 is 2.22 bits per heavy atom. The van der Waals surface area contributed by atoms with Gasteiger partial charge in [-0.3, -0.25) is 4.79 Å². The lowest BCUT2D eigenvalue weighted by Gasteiger charge is -2.14. The van der Waals surface area contributed by atoms with Crippen molar-refractivity contribution < 1.29 is 0 Å². The minimum atomic E-state index is -0.0290. The van der Waals surface area contributed by atoms with Crippen molar-refractivity contribution in [1.82, 2.24) is 15.1 Å². The highest BCUT2D eigenvalue weighted by atomic mass is 16.1. The molecule has 0 amide bonds. The maximum Gasteiger partial charge on any atom is 0.268 e. The van der Waals surface area contributed by atoms with Crippen LogP contribution in [0.15, 0.2) is 17.1 Å². The molecular formula is C13H24N4O. The molecule has 0 bridgehead atoms. The van der Waals surface area contributed by atoms with Gasteiger partial charge >= 0.3 is 0 Å². The Balaban J connectivity index is 2.56. The van der Waals surface area contributed by atoms with Crippen LogP contribution < -0.4 is 15.8 Å². The van der Waals surface area contributed by atoms with E-state index in [4.69, 9.17) is 0 Å². The van der Waals surface area contributed by atoms with E-state index in [1.807, 2.05) is 26.0 Å². The third-order valence-corrected chi connectivity index (χ3v) is 3.20. The molecule has 1 rings (SSSR count). The highest BCUT2D eigenvalue weighted by Crippen LogP contribution is 2.05. The predicted molar refractivity (Wildman–Crippen MR) is 75.2 cm³/mol. The first-order valence-corrected chi connectivity index (χ1v) is 6.50. The standard InChI is InChI=1S/C13H24N4O/c1-5-11(14-2)7-6-8-17-13(18)9-12(10-15-17)16(3)4/h9-11,14H,5-8H2,1-4H3. The molecule has 1 atom stereocenters. The Morgan fingerprint density at radius 3 is 2.72 bits per heavy atom. The summed E-state index contributed by atoms with van der Waals surface area (Å²) in [5.74, 6) is 0. The number of aryl methyl sites for hydroxylation is 1. The number of nitrogens with zero attached hydrogens (tertiary/aromatic N) is 3. The van der Waals surface area contributed by atoms with Crippen LogP contribution in [0.5, 0.6) is 0 Å². The minimum Gasteiger partial charge on any atom is -0.376 e. The molecule has 0 spiro atoms. The highest BCUT2D eigenvalue weighted by Gasteiger charge is 2.05.